The van der Waals surface area contributed by atoms with Crippen molar-refractivity contribution in [2.45, 2.75) is 13.6 Å². The van der Waals surface area contributed by atoms with Crippen molar-refractivity contribution in [2.75, 3.05) is 0 Å². The van der Waals surface area contributed by atoms with Crippen LogP contribution < -0.4 is 5.46 Å². The van der Waals surface area contributed by atoms with Crippen molar-refractivity contribution in [1.82, 2.24) is 0 Å². The van der Waals surface area contributed by atoms with Gasteiger partial charge >= 0.3 is 0 Å². The largest absolute Gasteiger partial charge is 0.504 e. The summed E-state index contributed by atoms with van der Waals surface area (Å²) in [5, 5.41) is 18.1. The average Bonchev–Trinajstić information content (AvgIpc) is 1.94. The Hall–Kier alpha value is -0.0112. The van der Waals surface area contributed by atoms with Crippen molar-refractivity contribution >= 4 is 12.2 Å². The van der Waals surface area contributed by atoms with Crippen LogP contribution in [0.5, 0.6) is 11.5 Å². The van der Waals surface area contributed by atoms with Crippen molar-refractivity contribution in [3.05, 3.63) is 18.2 Å². The first kappa shape index (κ1) is 12.0. The molecule has 0 heterocycles. The Morgan fingerprint density at radius 2 is 1.67 bits per heavy atom. The molecule has 61 valence electrons. The van der Waals surface area contributed by atoms with Gasteiger partial charge in [0.15, 0.2) is 18.2 Å². The number of aromatic hydroxyl groups is 2. The third-order valence-corrected chi connectivity index (χ3v) is 1.67. The van der Waals surface area contributed by atoms with Gasteiger partial charge in [-0.2, -0.15) is 0 Å². The maximum atomic E-state index is 9.10. The third kappa shape index (κ3) is 2.80. The molecule has 0 unspecified atom stereocenters. The molecule has 0 amide bonds. The van der Waals surface area contributed by atoms with Crippen LogP contribution >= 0.6 is 0 Å². The topological polar surface area (TPSA) is 40.5 Å². The minimum absolute atomic E-state index is 0. The van der Waals surface area contributed by atoms with Gasteiger partial charge in [0.05, 0.1) is 0 Å². The molecule has 1 aromatic carbocycles. The summed E-state index contributed by atoms with van der Waals surface area (Å²) in [7, 11) is 0. The van der Waals surface area contributed by atoms with Crippen LogP contribution in [0, 0.1) is 0 Å². The summed E-state index contributed by atoms with van der Waals surface area (Å²) in [6.07, 6.45) is 0. The molecule has 12 heavy (non-hydrogen) atoms. The summed E-state index contributed by atoms with van der Waals surface area (Å²) in [4.78, 5) is 0. The molecular weight excluding hydrogens is 228 g/mol. The van der Waals surface area contributed by atoms with Gasteiger partial charge in [-0.15, -0.1) is 0 Å². The second kappa shape index (κ2) is 4.88. The molecule has 0 aromatic heterocycles. The molecule has 0 aliphatic rings. The van der Waals surface area contributed by atoms with E-state index in [1.54, 1.807) is 12.1 Å². The monoisotopic (exact) mass is 239 g/mol. The minimum Gasteiger partial charge on any atom is -0.504 e. The van der Waals surface area contributed by atoms with Crippen LogP contribution in [-0.2, 0) is 32.7 Å². The standard InChI is InChI=1S/C8H11BO2.Y/c1-9(2)6-3-4-7(10)8(11)5-6;/h3-5,10-11H,1-2H3;. The molecule has 1 radical (unpaired) electrons. The average molecular weight is 239 g/mol. The molecule has 1 rings (SSSR count). The fraction of sp³-hybridized carbons (Fsp3) is 0.250. The van der Waals surface area contributed by atoms with Gasteiger partial charge < -0.3 is 10.2 Å². The van der Waals surface area contributed by atoms with E-state index in [2.05, 4.69) is 0 Å². The Labute approximate surface area is 98.0 Å². The molecule has 0 fully saturated rings. The number of phenols is 2. The summed E-state index contributed by atoms with van der Waals surface area (Å²) in [6, 6.07) is 4.89. The Bertz CT molecular complexity index is 263. The SMILES string of the molecule is CB(C)c1ccc(O)c(O)c1.[Y]. The first-order valence-corrected chi connectivity index (χ1v) is 3.63. The molecule has 2 nitrogen and oxygen atoms in total. The van der Waals surface area contributed by atoms with Gasteiger partial charge in [0.1, 0.15) is 0 Å². The van der Waals surface area contributed by atoms with E-state index in [1.165, 1.54) is 6.07 Å². The Kier molecular flexibility index (Phi) is 4.88. The van der Waals surface area contributed by atoms with Gasteiger partial charge in [-0.05, 0) is 12.1 Å². The zero-order chi connectivity index (χ0) is 8.43. The maximum Gasteiger partial charge on any atom is 0.169 e. The van der Waals surface area contributed by atoms with Crippen LogP contribution in [0.1, 0.15) is 0 Å². The van der Waals surface area contributed by atoms with Crippen molar-refractivity contribution in [1.29, 1.82) is 0 Å². The van der Waals surface area contributed by atoms with E-state index in [4.69, 9.17) is 10.2 Å². The van der Waals surface area contributed by atoms with Crippen molar-refractivity contribution in [3.8, 4) is 11.5 Å². The summed E-state index contributed by atoms with van der Waals surface area (Å²) >= 11 is 0. The normalized spacial score (nSPS) is 8.83. The van der Waals surface area contributed by atoms with E-state index in [9.17, 15) is 0 Å². The molecule has 0 aliphatic carbocycles. The van der Waals surface area contributed by atoms with Crippen molar-refractivity contribution in [2.24, 2.45) is 0 Å². The van der Waals surface area contributed by atoms with Crippen LogP contribution in [0.15, 0.2) is 18.2 Å². The predicted octanol–water partition coefficient (Wildman–Crippen LogP) is 1.06. The quantitative estimate of drug-likeness (QED) is 0.568. The molecule has 0 saturated carbocycles. The first-order chi connectivity index (χ1) is 5.11. The number of hydrogen-bond donors (Lipinski definition) is 2. The fourth-order valence-electron chi connectivity index (χ4n) is 0.900. The number of rotatable bonds is 1. The van der Waals surface area contributed by atoms with Gasteiger partial charge in [0, 0.05) is 32.7 Å². The van der Waals surface area contributed by atoms with Crippen molar-refractivity contribution < 1.29 is 42.9 Å². The van der Waals surface area contributed by atoms with Crippen LogP contribution in [0.2, 0.25) is 13.6 Å². The molecule has 0 aliphatic heterocycles. The smallest absolute Gasteiger partial charge is 0.169 e. The van der Waals surface area contributed by atoms with E-state index in [0.717, 1.165) is 5.46 Å². The summed E-state index contributed by atoms with van der Waals surface area (Å²) in [5.74, 6) is -0.106. The molecule has 4 heteroatoms. The third-order valence-electron chi connectivity index (χ3n) is 1.67. The van der Waals surface area contributed by atoms with Crippen LogP contribution in [-0.4, -0.2) is 16.9 Å². The number of phenolic OH excluding ortho intramolecular Hbond substituents is 2. The zero-order valence-corrected chi connectivity index (χ0v) is 10.1. The molecule has 0 bridgehead atoms. The van der Waals surface area contributed by atoms with E-state index >= 15 is 0 Å². The molecular formula is C8H11BO2Y. The Morgan fingerprint density at radius 3 is 2.08 bits per heavy atom. The Balaban J connectivity index is 0.00000121. The Morgan fingerprint density at radius 1 is 1.08 bits per heavy atom. The van der Waals surface area contributed by atoms with Crippen LogP contribution in [0.25, 0.3) is 0 Å². The van der Waals surface area contributed by atoms with Gasteiger partial charge in [-0.1, -0.05) is 25.2 Å². The zero-order valence-electron chi connectivity index (χ0n) is 7.28. The van der Waals surface area contributed by atoms with E-state index in [-0.39, 0.29) is 44.2 Å². The molecule has 0 atom stereocenters. The molecule has 1 aromatic rings. The van der Waals surface area contributed by atoms with Crippen molar-refractivity contribution in [3.63, 3.8) is 0 Å². The summed E-state index contributed by atoms with van der Waals surface area (Å²) < 4.78 is 0. The summed E-state index contributed by atoms with van der Waals surface area (Å²) in [6.45, 7) is 4.44. The van der Waals surface area contributed by atoms with E-state index in [1.807, 2.05) is 13.6 Å². The summed E-state index contributed by atoms with van der Waals surface area (Å²) in [5.41, 5.74) is 1.03. The van der Waals surface area contributed by atoms with E-state index < -0.39 is 0 Å². The van der Waals surface area contributed by atoms with Gasteiger partial charge in [0.2, 0.25) is 0 Å². The second-order valence-corrected chi connectivity index (χ2v) is 2.90. The van der Waals surface area contributed by atoms with Crippen LogP contribution in [0.3, 0.4) is 0 Å². The molecule has 2 N–H and O–H groups in total. The van der Waals surface area contributed by atoms with Crippen LogP contribution in [0.4, 0.5) is 0 Å². The van der Waals surface area contributed by atoms with E-state index in [0.29, 0.717) is 6.71 Å². The minimum atomic E-state index is -0.0607. The number of hydrogen-bond acceptors (Lipinski definition) is 2. The van der Waals surface area contributed by atoms with Gasteiger partial charge in [-0.25, -0.2) is 0 Å². The molecule has 0 saturated heterocycles. The fourth-order valence-corrected chi connectivity index (χ4v) is 0.900. The maximum absolute atomic E-state index is 9.10. The molecule has 0 spiro atoms. The predicted molar refractivity (Wildman–Crippen MR) is 46.9 cm³/mol. The van der Waals surface area contributed by atoms with Gasteiger partial charge in [0.25, 0.3) is 0 Å². The van der Waals surface area contributed by atoms with Gasteiger partial charge in [-0.3, -0.25) is 0 Å². The number of benzene rings is 1. The second-order valence-electron chi connectivity index (χ2n) is 2.90. The first-order valence-electron chi connectivity index (χ1n) is 3.63.